The van der Waals surface area contributed by atoms with E-state index >= 15 is 0 Å². The van der Waals surface area contributed by atoms with Gasteiger partial charge in [-0.3, -0.25) is 0 Å². The molecule has 1 aromatic heterocycles. The van der Waals surface area contributed by atoms with Gasteiger partial charge in [0.2, 0.25) is 5.88 Å². The average Bonchev–Trinajstić information content (AvgIpc) is 2.94. The van der Waals surface area contributed by atoms with Crippen LogP contribution in [-0.2, 0) is 0 Å². The molecule has 1 aliphatic rings. The third kappa shape index (κ3) is 2.82. The van der Waals surface area contributed by atoms with E-state index in [-0.39, 0.29) is 11.9 Å². The summed E-state index contributed by atoms with van der Waals surface area (Å²) in [5.74, 6) is 0.379. The summed E-state index contributed by atoms with van der Waals surface area (Å²) in [6.07, 6.45) is 6.64. The standard InChI is InChI=1S/C17H18FNO/c1-12-9-16(13-5-4-6-14(18)10-13)17(19-11-12)20-15-7-2-3-8-15/h4-6,9-11,15H,2-3,7-8H2,1H3. The Hall–Kier alpha value is -1.90. The second kappa shape index (κ2) is 5.61. The van der Waals surface area contributed by atoms with Gasteiger partial charge in [-0.05, 0) is 61.9 Å². The van der Waals surface area contributed by atoms with E-state index in [0.717, 1.165) is 29.5 Å². The molecular formula is C17H18FNO. The Balaban J connectivity index is 1.97. The van der Waals surface area contributed by atoms with Crippen LogP contribution in [0.4, 0.5) is 4.39 Å². The van der Waals surface area contributed by atoms with Crippen LogP contribution in [0.2, 0.25) is 0 Å². The summed E-state index contributed by atoms with van der Waals surface area (Å²) in [6.45, 7) is 1.98. The highest BCUT2D eigenvalue weighted by Gasteiger charge is 2.19. The molecule has 3 rings (SSSR count). The van der Waals surface area contributed by atoms with Gasteiger partial charge in [0, 0.05) is 11.8 Å². The van der Waals surface area contributed by atoms with Gasteiger partial charge in [-0.15, -0.1) is 0 Å². The van der Waals surface area contributed by atoms with Crippen molar-refractivity contribution in [2.45, 2.75) is 38.7 Å². The van der Waals surface area contributed by atoms with Crippen LogP contribution in [0.15, 0.2) is 36.5 Å². The molecule has 0 atom stereocenters. The lowest BCUT2D eigenvalue weighted by Crippen LogP contribution is -2.12. The minimum atomic E-state index is -0.240. The molecule has 0 aliphatic heterocycles. The molecular weight excluding hydrogens is 253 g/mol. The Labute approximate surface area is 118 Å². The van der Waals surface area contributed by atoms with E-state index in [1.807, 2.05) is 19.1 Å². The summed E-state index contributed by atoms with van der Waals surface area (Å²) in [4.78, 5) is 4.40. The lowest BCUT2D eigenvalue weighted by Gasteiger charge is -2.16. The molecule has 1 fully saturated rings. The van der Waals surface area contributed by atoms with Crippen LogP contribution in [0.1, 0.15) is 31.2 Å². The monoisotopic (exact) mass is 271 g/mol. The highest BCUT2D eigenvalue weighted by Crippen LogP contribution is 2.32. The molecule has 1 aliphatic carbocycles. The highest BCUT2D eigenvalue weighted by atomic mass is 19.1. The molecule has 0 amide bonds. The fourth-order valence-electron chi connectivity index (χ4n) is 2.68. The second-order valence-electron chi connectivity index (χ2n) is 5.40. The summed E-state index contributed by atoms with van der Waals surface area (Å²) in [5, 5.41) is 0. The first-order valence-electron chi connectivity index (χ1n) is 7.11. The van der Waals surface area contributed by atoms with Gasteiger partial charge in [0.25, 0.3) is 0 Å². The summed E-state index contributed by atoms with van der Waals surface area (Å²) in [7, 11) is 0. The smallest absolute Gasteiger partial charge is 0.221 e. The Morgan fingerprint density at radius 2 is 2.00 bits per heavy atom. The number of nitrogens with zero attached hydrogens (tertiary/aromatic N) is 1. The number of hydrogen-bond acceptors (Lipinski definition) is 2. The van der Waals surface area contributed by atoms with E-state index in [4.69, 9.17) is 4.74 Å². The van der Waals surface area contributed by atoms with Crippen molar-refractivity contribution in [3.05, 3.63) is 47.9 Å². The first-order chi connectivity index (χ1) is 9.72. The van der Waals surface area contributed by atoms with Gasteiger partial charge in [-0.2, -0.15) is 0 Å². The molecule has 2 aromatic rings. The molecule has 0 unspecified atom stereocenters. The fourth-order valence-corrected chi connectivity index (χ4v) is 2.68. The quantitative estimate of drug-likeness (QED) is 0.819. The number of ether oxygens (including phenoxy) is 1. The predicted octanol–water partition coefficient (Wildman–Crippen LogP) is 4.52. The average molecular weight is 271 g/mol. The predicted molar refractivity (Wildman–Crippen MR) is 77.3 cm³/mol. The molecule has 2 nitrogen and oxygen atoms in total. The molecule has 0 radical (unpaired) electrons. The second-order valence-corrected chi connectivity index (χ2v) is 5.40. The summed E-state index contributed by atoms with van der Waals surface area (Å²) < 4.78 is 19.5. The van der Waals surface area contributed by atoms with Crippen molar-refractivity contribution in [1.29, 1.82) is 0 Å². The molecule has 0 N–H and O–H groups in total. The fraction of sp³-hybridized carbons (Fsp3) is 0.353. The van der Waals surface area contributed by atoms with Crippen LogP contribution in [0.25, 0.3) is 11.1 Å². The SMILES string of the molecule is Cc1cnc(OC2CCCC2)c(-c2cccc(F)c2)c1. The normalized spacial score (nSPS) is 15.5. The van der Waals surface area contributed by atoms with E-state index in [0.29, 0.717) is 5.88 Å². The molecule has 0 spiro atoms. The van der Waals surface area contributed by atoms with Crippen LogP contribution in [0.3, 0.4) is 0 Å². The number of benzene rings is 1. The van der Waals surface area contributed by atoms with Crippen molar-refractivity contribution < 1.29 is 9.13 Å². The van der Waals surface area contributed by atoms with E-state index in [9.17, 15) is 4.39 Å². The van der Waals surface area contributed by atoms with Gasteiger partial charge in [-0.1, -0.05) is 12.1 Å². The van der Waals surface area contributed by atoms with E-state index in [1.54, 1.807) is 12.3 Å². The number of aryl methyl sites for hydroxylation is 1. The van der Waals surface area contributed by atoms with Crippen molar-refractivity contribution in [2.75, 3.05) is 0 Å². The van der Waals surface area contributed by atoms with Crippen LogP contribution in [0.5, 0.6) is 5.88 Å². The number of aromatic nitrogens is 1. The minimum absolute atomic E-state index is 0.240. The maximum Gasteiger partial charge on any atom is 0.221 e. The molecule has 1 heterocycles. The number of hydrogen-bond donors (Lipinski definition) is 0. The molecule has 104 valence electrons. The van der Waals surface area contributed by atoms with Crippen molar-refractivity contribution in [3.63, 3.8) is 0 Å². The third-order valence-corrected chi connectivity index (χ3v) is 3.70. The van der Waals surface area contributed by atoms with Crippen molar-refractivity contribution in [3.8, 4) is 17.0 Å². The Morgan fingerprint density at radius 1 is 1.20 bits per heavy atom. The highest BCUT2D eigenvalue weighted by molar-refractivity contribution is 5.69. The molecule has 3 heteroatoms. The van der Waals surface area contributed by atoms with Gasteiger partial charge in [0.1, 0.15) is 11.9 Å². The van der Waals surface area contributed by atoms with Gasteiger partial charge in [0.05, 0.1) is 0 Å². The van der Waals surface area contributed by atoms with Crippen LogP contribution in [0, 0.1) is 12.7 Å². The van der Waals surface area contributed by atoms with Crippen LogP contribution < -0.4 is 4.74 Å². The molecule has 1 saturated carbocycles. The Kier molecular flexibility index (Phi) is 3.68. The zero-order valence-electron chi connectivity index (χ0n) is 11.6. The third-order valence-electron chi connectivity index (χ3n) is 3.70. The lowest BCUT2D eigenvalue weighted by atomic mass is 10.1. The molecule has 0 saturated heterocycles. The Bertz CT molecular complexity index is 606. The van der Waals surface area contributed by atoms with Crippen molar-refractivity contribution in [1.82, 2.24) is 4.98 Å². The minimum Gasteiger partial charge on any atom is -0.474 e. The van der Waals surface area contributed by atoms with E-state index < -0.39 is 0 Å². The summed E-state index contributed by atoms with van der Waals surface area (Å²) >= 11 is 0. The molecule has 0 bridgehead atoms. The van der Waals surface area contributed by atoms with Crippen molar-refractivity contribution in [2.24, 2.45) is 0 Å². The first kappa shape index (κ1) is 13.1. The maximum atomic E-state index is 13.4. The Morgan fingerprint density at radius 3 is 2.75 bits per heavy atom. The summed E-state index contributed by atoms with van der Waals surface area (Å²) in [6, 6.07) is 8.58. The maximum absolute atomic E-state index is 13.4. The molecule has 1 aromatic carbocycles. The van der Waals surface area contributed by atoms with Crippen LogP contribution in [-0.4, -0.2) is 11.1 Å². The number of pyridine rings is 1. The summed E-state index contributed by atoms with van der Waals surface area (Å²) in [5.41, 5.74) is 2.73. The number of halogens is 1. The number of rotatable bonds is 3. The first-order valence-corrected chi connectivity index (χ1v) is 7.11. The van der Waals surface area contributed by atoms with Crippen LogP contribution >= 0.6 is 0 Å². The van der Waals surface area contributed by atoms with Gasteiger partial charge < -0.3 is 4.74 Å². The topological polar surface area (TPSA) is 22.1 Å². The largest absolute Gasteiger partial charge is 0.474 e. The van der Waals surface area contributed by atoms with Gasteiger partial charge in [0.15, 0.2) is 0 Å². The van der Waals surface area contributed by atoms with Gasteiger partial charge >= 0.3 is 0 Å². The zero-order valence-corrected chi connectivity index (χ0v) is 11.6. The van der Waals surface area contributed by atoms with E-state index in [2.05, 4.69) is 4.98 Å². The molecule has 20 heavy (non-hydrogen) atoms. The van der Waals surface area contributed by atoms with Gasteiger partial charge in [-0.25, -0.2) is 9.37 Å². The van der Waals surface area contributed by atoms with E-state index in [1.165, 1.54) is 25.0 Å². The van der Waals surface area contributed by atoms with Crippen molar-refractivity contribution >= 4 is 0 Å². The lowest BCUT2D eigenvalue weighted by molar-refractivity contribution is 0.202. The zero-order chi connectivity index (χ0) is 13.9.